The molecule has 0 aliphatic carbocycles. The Morgan fingerprint density at radius 2 is 1.72 bits per heavy atom. The zero-order valence-corrected chi connectivity index (χ0v) is 21.3. The van der Waals surface area contributed by atoms with Gasteiger partial charge in [-0.25, -0.2) is 0 Å². The predicted octanol–water partition coefficient (Wildman–Crippen LogP) is 5.54. The largest absolute Gasteiger partial charge is 0.461 e. The molecule has 2 amide bonds. The van der Waals surface area contributed by atoms with Gasteiger partial charge in [-0.15, -0.1) is 0 Å². The van der Waals surface area contributed by atoms with Crippen LogP contribution in [0, 0.1) is 5.92 Å². The lowest BCUT2D eigenvalue weighted by Crippen LogP contribution is -2.51. The summed E-state index contributed by atoms with van der Waals surface area (Å²) in [6.07, 6.45) is 5.31. The third-order valence-electron chi connectivity index (χ3n) is 7.97. The molecule has 3 aliphatic rings. The molecular formula is C31H22ClN3O4. The van der Waals surface area contributed by atoms with Crippen LogP contribution in [-0.2, 0) is 15.0 Å². The first-order valence-electron chi connectivity index (χ1n) is 12.6. The Bertz CT molecular complexity index is 1660. The van der Waals surface area contributed by atoms with Crippen molar-refractivity contribution in [3.63, 3.8) is 0 Å². The van der Waals surface area contributed by atoms with E-state index in [0.29, 0.717) is 22.0 Å². The highest BCUT2D eigenvalue weighted by molar-refractivity contribution is 6.30. The zero-order chi connectivity index (χ0) is 26.7. The van der Waals surface area contributed by atoms with E-state index in [0.717, 1.165) is 11.3 Å². The van der Waals surface area contributed by atoms with E-state index >= 15 is 0 Å². The van der Waals surface area contributed by atoms with Crippen LogP contribution in [0.3, 0.4) is 0 Å². The number of nitrogens with one attached hydrogen (secondary N) is 2. The molecule has 4 aromatic rings. The van der Waals surface area contributed by atoms with E-state index in [1.165, 1.54) is 6.26 Å². The molecule has 0 unspecified atom stereocenters. The number of halogens is 1. The topological polar surface area (TPSA) is 91.6 Å². The molecule has 192 valence electrons. The zero-order valence-electron chi connectivity index (χ0n) is 20.5. The second-order valence-corrected chi connectivity index (χ2v) is 10.3. The molecule has 1 saturated heterocycles. The van der Waals surface area contributed by atoms with Gasteiger partial charge in [0.2, 0.25) is 17.6 Å². The predicted molar refractivity (Wildman–Crippen MR) is 149 cm³/mol. The fourth-order valence-corrected chi connectivity index (χ4v) is 6.57. The number of Topliss-reactive ketones (excluding diaryl/α,β-unsaturated/α-hetero) is 1. The summed E-state index contributed by atoms with van der Waals surface area (Å²) >= 11 is 6.06. The molecule has 3 aliphatic heterocycles. The van der Waals surface area contributed by atoms with Gasteiger partial charge in [-0.3, -0.25) is 14.4 Å². The van der Waals surface area contributed by atoms with Gasteiger partial charge >= 0.3 is 0 Å². The fraction of sp³-hybridized carbons (Fsp3) is 0.129. The number of carbonyl (C=O) groups excluding carboxylic acids is 3. The van der Waals surface area contributed by atoms with E-state index in [1.54, 1.807) is 36.4 Å². The highest BCUT2D eigenvalue weighted by Crippen LogP contribution is 2.57. The van der Waals surface area contributed by atoms with Crippen molar-refractivity contribution in [2.45, 2.75) is 17.5 Å². The maximum absolute atomic E-state index is 14.4. The average Bonchev–Trinajstić information content (AvgIpc) is 3.67. The number of carbonyl (C=O) groups is 3. The van der Waals surface area contributed by atoms with Gasteiger partial charge in [0.1, 0.15) is 11.5 Å². The molecule has 2 N–H and O–H groups in total. The molecule has 8 heteroatoms. The van der Waals surface area contributed by atoms with Crippen molar-refractivity contribution < 1.29 is 18.8 Å². The highest BCUT2D eigenvalue weighted by atomic mass is 35.5. The summed E-state index contributed by atoms with van der Waals surface area (Å²) < 4.78 is 5.55. The van der Waals surface area contributed by atoms with Gasteiger partial charge in [-0.1, -0.05) is 60.2 Å². The Labute approximate surface area is 229 Å². The Morgan fingerprint density at radius 3 is 2.51 bits per heavy atom. The summed E-state index contributed by atoms with van der Waals surface area (Å²) in [5.41, 5.74) is 2.13. The minimum Gasteiger partial charge on any atom is -0.461 e. The van der Waals surface area contributed by atoms with Crippen molar-refractivity contribution >= 4 is 52.3 Å². The van der Waals surface area contributed by atoms with Crippen molar-refractivity contribution in [1.29, 1.82) is 0 Å². The average molecular weight is 536 g/mol. The lowest BCUT2D eigenvalue weighted by Gasteiger charge is -2.37. The van der Waals surface area contributed by atoms with Crippen LogP contribution in [0.2, 0.25) is 5.02 Å². The van der Waals surface area contributed by atoms with Crippen molar-refractivity contribution in [2.75, 3.05) is 15.5 Å². The number of nitrogens with zero attached hydrogens (tertiary/aromatic N) is 1. The minimum absolute atomic E-state index is 0.0953. The van der Waals surface area contributed by atoms with E-state index in [1.807, 2.05) is 65.6 Å². The quantitative estimate of drug-likeness (QED) is 0.335. The van der Waals surface area contributed by atoms with Gasteiger partial charge in [-0.2, -0.15) is 0 Å². The molecule has 1 fully saturated rings. The van der Waals surface area contributed by atoms with Gasteiger partial charge in [0.05, 0.1) is 18.2 Å². The number of benzene rings is 3. The summed E-state index contributed by atoms with van der Waals surface area (Å²) in [5.74, 6) is -2.15. The Hall–Kier alpha value is -4.62. The fourth-order valence-electron chi connectivity index (χ4n) is 6.44. The van der Waals surface area contributed by atoms with Crippen molar-refractivity contribution in [3.8, 4) is 0 Å². The number of furan rings is 1. The van der Waals surface area contributed by atoms with Crippen LogP contribution in [0.4, 0.5) is 17.1 Å². The summed E-state index contributed by atoms with van der Waals surface area (Å²) in [4.78, 5) is 44.7. The van der Waals surface area contributed by atoms with Gasteiger partial charge in [0, 0.05) is 22.1 Å². The molecule has 4 atom stereocenters. The van der Waals surface area contributed by atoms with Crippen molar-refractivity contribution in [1.82, 2.24) is 0 Å². The second-order valence-electron chi connectivity index (χ2n) is 9.90. The molecule has 0 saturated carbocycles. The molecule has 39 heavy (non-hydrogen) atoms. The summed E-state index contributed by atoms with van der Waals surface area (Å²) in [6, 6.07) is 23.4. The van der Waals surface area contributed by atoms with Gasteiger partial charge in [0.25, 0.3) is 0 Å². The van der Waals surface area contributed by atoms with Crippen LogP contribution in [0.15, 0.2) is 102 Å². The number of ketones is 1. The van der Waals surface area contributed by atoms with Crippen LogP contribution in [-0.4, -0.2) is 29.7 Å². The van der Waals surface area contributed by atoms with E-state index in [4.69, 9.17) is 16.0 Å². The third kappa shape index (κ3) is 3.33. The van der Waals surface area contributed by atoms with E-state index < -0.39 is 35.1 Å². The first-order valence-corrected chi connectivity index (χ1v) is 13.0. The molecule has 1 aromatic heterocycles. The molecule has 3 aromatic carbocycles. The van der Waals surface area contributed by atoms with Crippen LogP contribution >= 0.6 is 11.6 Å². The first kappa shape index (κ1) is 23.5. The second kappa shape index (κ2) is 8.71. The van der Waals surface area contributed by atoms with E-state index in [2.05, 4.69) is 10.6 Å². The van der Waals surface area contributed by atoms with Crippen LogP contribution < -0.4 is 15.5 Å². The number of rotatable bonds is 4. The first-order chi connectivity index (χ1) is 19.0. The molecule has 1 spiro atoms. The van der Waals surface area contributed by atoms with Crippen molar-refractivity contribution in [2.24, 2.45) is 5.92 Å². The smallest absolute Gasteiger partial charge is 0.247 e. The van der Waals surface area contributed by atoms with E-state index in [9.17, 15) is 14.4 Å². The number of anilines is 3. The van der Waals surface area contributed by atoms with Gasteiger partial charge in [-0.05, 0) is 59.7 Å². The monoisotopic (exact) mass is 535 g/mol. The molecule has 0 bridgehead atoms. The Balaban J connectivity index is 1.48. The van der Waals surface area contributed by atoms with Crippen LogP contribution in [0.1, 0.15) is 21.7 Å². The third-order valence-corrected chi connectivity index (χ3v) is 8.22. The number of hydrogen-bond donors (Lipinski definition) is 2. The highest BCUT2D eigenvalue weighted by Gasteiger charge is 2.70. The van der Waals surface area contributed by atoms with Gasteiger partial charge < -0.3 is 20.0 Å². The number of para-hydroxylation sites is 2. The summed E-state index contributed by atoms with van der Waals surface area (Å²) in [5, 5.41) is 6.51. The number of hydrogen-bond acceptors (Lipinski definition) is 5. The molecule has 7 rings (SSSR count). The van der Waals surface area contributed by atoms with Crippen LogP contribution in [0.25, 0.3) is 6.08 Å². The van der Waals surface area contributed by atoms with Crippen LogP contribution in [0.5, 0.6) is 0 Å². The molecule has 7 nitrogen and oxygen atoms in total. The summed E-state index contributed by atoms with van der Waals surface area (Å²) in [6.45, 7) is 0. The lowest BCUT2D eigenvalue weighted by atomic mass is 9.65. The molecule has 0 radical (unpaired) electrons. The summed E-state index contributed by atoms with van der Waals surface area (Å²) in [7, 11) is 0. The van der Waals surface area contributed by atoms with E-state index in [-0.39, 0.29) is 11.7 Å². The number of amides is 2. The minimum atomic E-state index is -1.38. The molecular weight excluding hydrogens is 514 g/mol. The normalized spacial score (nSPS) is 24.2. The Kier molecular flexibility index (Phi) is 5.25. The maximum atomic E-state index is 14.4. The number of fused-ring (bicyclic) bond motifs is 6. The van der Waals surface area contributed by atoms with Gasteiger partial charge in [0.15, 0.2) is 5.76 Å². The Morgan fingerprint density at radius 1 is 0.949 bits per heavy atom. The molecule has 4 heterocycles. The maximum Gasteiger partial charge on any atom is 0.247 e. The SMILES string of the molecule is O=C(Nc1ccc(Cl)cc1)[C@@H]1[C@H](C(=O)c2ccco2)[C@]2(C(=O)Nc3ccccc32)[C@@H]2C=Cc3ccccc3N12. The lowest BCUT2D eigenvalue weighted by molar-refractivity contribution is -0.122. The standard InChI is InChI=1S/C31H22ClN3O4/c32-19-12-14-20(15-13-19)33-29(37)27-26(28(36)24-10-5-17-39-24)31(21-7-2-3-8-22(21)34-30(31)38)25-16-11-18-6-1-4-9-23(18)35(25)27/h1-17,25-27H,(H,33,37)(H,34,38)/t25-,26+,27-,31+/m0/s1. The van der Waals surface area contributed by atoms with Crippen molar-refractivity contribution in [3.05, 3.63) is 119 Å².